The Morgan fingerprint density at radius 1 is 0.887 bits per heavy atom. The first-order valence-electron chi connectivity index (χ1n) is 18.0. The van der Waals surface area contributed by atoms with Gasteiger partial charge in [-0.25, -0.2) is 4.99 Å². The highest BCUT2D eigenvalue weighted by Gasteiger charge is 2.35. The van der Waals surface area contributed by atoms with Gasteiger partial charge in [-0.3, -0.25) is 19.2 Å². The maximum atomic E-state index is 13.5. The van der Waals surface area contributed by atoms with E-state index in [9.17, 15) is 19.2 Å². The number of H-pyrrole nitrogens is 2. The number of aromatic nitrogens is 2. The molecule has 10 nitrogen and oxygen atoms in total. The molecule has 2 aromatic heterocycles. The number of hydrogen-bond acceptors (Lipinski definition) is 6. The lowest BCUT2D eigenvalue weighted by molar-refractivity contribution is -0.143. The predicted molar refractivity (Wildman–Crippen MR) is 208 cm³/mol. The molecule has 3 aliphatic rings. The molecule has 2 aromatic rings. The zero-order valence-electron chi connectivity index (χ0n) is 31.4. The van der Waals surface area contributed by atoms with Gasteiger partial charge in [0.1, 0.15) is 13.2 Å². The van der Waals surface area contributed by atoms with Gasteiger partial charge in [0, 0.05) is 58.1 Å². The van der Waals surface area contributed by atoms with E-state index in [2.05, 4.69) is 46.8 Å². The van der Waals surface area contributed by atoms with Crippen LogP contribution in [0.5, 0.6) is 0 Å². The van der Waals surface area contributed by atoms with Gasteiger partial charge in [0.2, 0.25) is 0 Å². The third kappa shape index (κ3) is 7.87. The summed E-state index contributed by atoms with van der Waals surface area (Å²) in [6, 6.07) is 0. The van der Waals surface area contributed by atoms with Crippen LogP contribution in [0.1, 0.15) is 80.1 Å². The minimum Gasteiger partial charge on any atom is -0.461 e. The maximum absolute atomic E-state index is 13.5. The van der Waals surface area contributed by atoms with Crippen LogP contribution in [0.15, 0.2) is 83.1 Å². The van der Waals surface area contributed by atoms with Gasteiger partial charge in [0.15, 0.2) is 0 Å². The summed E-state index contributed by atoms with van der Waals surface area (Å²) in [6.07, 6.45) is 15.1. The summed E-state index contributed by atoms with van der Waals surface area (Å²) in [4.78, 5) is 64.6. The Morgan fingerprint density at radius 3 is 2.17 bits per heavy atom. The number of nitrogens with one attached hydrogen (secondary N) is 2. The van der Waals surface area contributed by atoms with Crippen molar-refractivity contribution in [3.05, 3.63) is 122 Å². The quantitative estimate of drug-likeness (QED) is 0.182. The van der Waals surface area contributed by atoms with Crippen molar-refractivity contribution < 1.29 is 28.7 Å². The van der Waals surface area contributed by atoms with Crippen molar-refractivity contribution in [2.45, 2.75) is 73.1 Å². The van der Waals surface area contributed by atoms with Crippen LogP contribution in [0.3, 0.4) is 0 Å². The molecule has 0 saturated heterocycles. The Hall–Kier alpha value is -5.77. The number of ether oxygens (including phenoxy) is 2. The molecule has 0 fully saturated rings. The van der Waals surface area contributed by atoms with Crippen LogP contribution in [0, 0.1) is 13.8 Å². The number of rotatable bonds is 15. The fourth-order valence-corrected chi connectivity index (χ4v) is 7.18. The Kier molecular flexibility index (Phi) is 12.1. The molecule has 2 amide bonds. The van der Waals surface area contributed by atoms with Crippen LogP contribution < -0.4 is 10.7 Å². The second-order valence-corrected chi connectivity index (χ2v) is 13.2. The van der Waals surface area contributed by atoms with Gasteiger partial charge >= 0.3 is 11.9 Å². The van der Waals surface area contributed by atoms with Crippen LogP contribution >= 0.6 is 0 Å². The maximum Gasteiger partial charge on any atom is 0.306 e. The molecule has 5 rings (SSSR count). The number of carbonyl (C=O) groups is 4. The minimum atomic E-state index is -0.351. The number of esters is 2. The van der Waals surface area contributed by atoms with Crippen LogP contribution in [0.2, 0.25) is 0 Å². The van der Waals surface area contributed by atoms with E-state index in [1.165, 1.54) is 12.2 Å². The summed E-state index contributed by atoms with van der Waals surface area (Å²) in [5.41, 5.74) is 10.6. The Morgan fingerprint density at radius 2 is 1.55 bits per heavy atom. The van der Waals surface area contributed by atoms with Crippen molar-refractivity contribution >= 4 is 47.2 Å². The van der Waals surface area contributed by atoms with Gasteiger partial charge in [-0.05, 0) is 93.4 Å². The number of nitrogens with zero attached hydrogens (tertiary/aromatic N) is 2. The lowest BCUT2D eigenvalue weighted by atomic mass is 9.97. The van der Waals surface area contributed by atoms with Gasteiger partial charge in [-0.15, -0.1) is 0 Å². The number of hydrogen-bond donors (Lipinski definition) is 2. The Labute approximate surface area is 310 Å². The molecule has 0 atom stereocenters. The summed E-state index contributed by atoms with van der Waals surface area (Å²) in [7, 11) is 0. The van der Waals surface area contributed by atoms with Gasteiger partial charge in [0.25, 0.3) is 11.8 Å². The lowest BCUT2D eigenvalue weighted by Gasteiger charge is -2.20. The number of fused-ring (bicyclic) bond motifs is 1. The van der Waals surface area contributed by atoms with E-state index in [-0.39, 0.29) is 49.8 Å². The van der Waals surface area contributed by atoms with Crippen molar-refractivity contribution in [3.63, 3.8) is 0 Å². The molecule has 3 aliphatic heterocycles. The zero-order chi connectivity index (χ0) is 38.4. The first kappa shape index (κ1) is 38.5. The first-order chi connectivity index (χ1) is 25.4. The molecule has 53 heavy (non-hydrogen) atoms. The van der Waals surface area contributed by atoms with Crippen LogP contribution in [0.25, 0.3) is 17.7 Å². The Bertz CT molecular complexity index is 2200. The molecule has 276 valence electrons. The van der Waals surface area contributed by atoms with Gasteiger partial charge < -0.3 is 24.3 Å². The SMILES string of the molecule is C=CCOC(=O)CCc1c(/C=c2\[nH]/c(=C/C3=NC(=O)C(C)=C3C=C)c(C)c2CCC(=O)OCC=C)[nH]c(C2=C3C(C)=C(CC)C(=O)N3CCC=C2)c1C. The molecule has 2 N–H and O–H groups in total. The molecule has 0 bridgehead atoms. The standard InChI is InChI=1S/C43H48N4O6/c1-9-21-52-38(48)18-16-31-25(5)34(23-35-29(11-3)28(8)42(50)46-35)44-36(31)24-37-32(17-19-39(49)53-22-10-2)26(6)40(45-37)33-15-13-14-20-47-41(33)27(7)30(12-4)43(47)51/h9-11,13,15,23-24,44-45H,1-3,12,14,16-22H2,4-8H3/b34-23+,36-24-. The van der Waals surface area contributed by atoms with Crippen molar-refractivity contribution in [2.75, 3.05) is 19.8 Å². The minimum absolute atomic E-state index is 0.0440. The molecule has 0 aliphatic carbocycles. The molecule has 0 unspecified atom stereocenters. The van der Waals surface area contributed by atoms with E-state index in [1.807, 2.05) is 44.7 Å². The van der Waals surface area contributed by atoms with E-state index in [4.69, 9.17) is 9.47 Å². The number of allylic oxidation sites excluding steroid dienone is 5. The molecule has 10 heteroatoms. The monoisotopic (exact) mass is 716 g/mol. The molecular formula is C43H48N4O6. The molecule has 0 aromatic carbocycles. The van der Waals surface area contributed by atoms with Crippen LogP contribution in [-0.2, 0) is 41.5 Å². The highest BCUT2D eigenvalue weighted by molar-refractivity contribution is 6.32. The summed E-state index contributed by atoms with van der Waals surface area (Å²) in [5.74, 6) is -0.953. The van der Waals surface area contributed by atoms with Crippen LogP contribution in [-0.4, -0.2) is 64.1 Å². The van der Waals surface area contributed by atoms with Gasteiger partial charge in [-0.2, -0.15) is 0 Å². The average molecular weight is 717 g/mol. The number of carbonyl (C=O) groups excluding carboxylic acids is 4. The third-order valence-corrected chi connectivity index (χ3v) is 10.0. The number of aliphatic imine (C=N–C) groups is 1. The highest BCUT2D eigenvalue weighted by Crippen LogP contribution is 2.40. The summed E-state index contributed by atoms with van der Waals surface area (Å²) >= 11 is 0. The van der Waals surface area contributed by atoms with Crippen molar-refractivity contribution in [1.82, 2.24) is 14.9 Å². The summed E-state index contributed by atoms with van der Waals surface area (Å²) in [6.45, 7) is 21.7. The number of aromatic amines is 2. The predicted octanol–water partition coefficient (Wildman–Crippen LogP) is 5.62. The number of amides is 2. The average Bonchev–Trinajstić information content (AvgIpc) is 3.71. The lowest BCUT2D eigenvalue weighted by Crippen LogP contribution is -2.26. The molecule has 5 heterocycles. The molecular weight excluding hydrogens is 668 g/mol. The second kappa shape index (κ2) is 16.7. The first-order valence-corrected chi connectivity index (χ1v) is 18.0. The molecule has 0 spiro atoms. The van der Waals surface area contributed by atoms with E-state index < -0.39 is 0 Å². The Balaban J connectivity index is 1.72. The third-order valence-electron chi connectivity index (χ3n) is 10.0. The summed E-state index contributed by atoms with van der Waals surface area (Å²) < 4.78 is 10.6. The molecule has 0 saturated carbocycles. The fourth-order valence-electron chi connectivity index (χ4n) is 7.18. The normalized spacial score (nSPS) is 16.5. The molecule has 0 radical (unpaired) electrons. The largest absolute Gasteiger partial charge is 0.461 e. The van der Waals surface area contributed by atoms with E-state index in [0.29, 0.717) is 42.7 Å². The zero-order valence-corrected chi connectivity index (χ0v) is 31.4. The summed E-state index contributed by atoms with van der Waals surface area (Å²) in [5, 5.41) is 1.48. The smallest absolute Gasteiger partial charge is 0.306 e. The van der Waals surface area contributed by atoms with E-state index in [1.54, 1.807) is 13.0 Å². The van der Waals surface area contributed by atoms with Crippen molar-refractivity contribution in [2.24, 2.45) is 4.99 Å². The van der Waals surface area contributed by atoms with Crippen molar-refractivity contribution in [1.29, 1.82) is 0 Å². The second-order valence-electron chi connectivity index (χ2n) is 13.2. The van der Waals surface area contributed by atoms with E-state index >= 15 is 0 Å². The topological polar surface area (TPSA) is 134 Å². The highest BCUT2D eigenvalue weighted by atomic mass is 16.5. The van der Waals surface area contributed by atoms with Crippen molar-refractivity contribution in [3.8, 4) is 0 Å². The van der Waals surface area contributed by atoms with Gasteiger partial charge in [0.05, 0.1) is 17.1 Å². The fraction of sp³-hybridized carbons (Fsp3) is 0.326. The van der Waals surface area contributed by atoms with E-state index in [0.717, 1.165) is 73.2 Å². The van der Waals surface area contributed by atoms with Crippen LogP contribution in [0.4, 0.5) is 0 Å². The van der Waals surface area contributed by atoms with Gasteiger partial charge in [-0.1, -0.05) is 57.0 Å².